The number of aryl methyl sites for hydroxylation is 1. The summed E-state index contributed by atoms with van der Waals surface area (Å²) < 4.78 is 6.55. The highest BCUT2D eigenvalue weighted by Crippen LogP contribution is 2.33. The van der Waals surface area contributed by atoms with Gasteiger partial charge in [-0.05, 0) is 36.1 Å². The highest BCUT2D eigenvalue weighted by Gasteiger charge is 2.24. The third-order valence-electron chi connectivity index (χ3n) is 3.53. The third-order valence-corrected chi connectivity index (χ3v) is 4.03. The molecule has 0 spiro atoms. The Labute approximate surface area is 110 Å². The summed E-state index contributed by atoms with van der Waals surface area (Å²) in [4.78, 5) is 0. The van der Waals surface area contributed by atoms with Crippen LogP contribution in [0.3, 0.4) is 0 Å². The molecule has 1 unspecified atom stereocenters. The fourth-order valence-corrected chi connectivity index (χ4v) is 3.04. The molecule has 1 aromatic rings. The summed E-state index contributed by atoms with van der Waals surface area (Å²) in [7, 11) is 0. The van der Waals surface area contributed by atoms with Crippen molar-refractivity contribution in [2.75, 3.05) is 26.3 Å². The molecule has 0 saturated carbocycles. The Hall–Kier alpha value is -0.420. The van der Waals surface area contributed by atoms with E-state index in [0.29, 0.717) is 6.04 Å². The van der Waals surface area contributed by atoms with Crippen molar-refractivity contribution in [3.8, 4) is 0 Å². The fourth-order valence-electron chi connectivity index (χ4n) is 2.63. The van der Waals surface area contributed by atoms with Gasteiger partial charge < -0.3 is 4.74 Å². The van der Waals surface area contributed by atoms with Gasteiger partial charge in [0.15, 0.2) is 0 Å². The molecule has 17 heavy (non-hydrogen) atoms. The number of fused-ring (bicyclic) bond motifs is 1. The smallest absolute Gasteiger partial charge is 0.0608 e. The monoisotopic (exact) mass is 296 g/mol. The van der Waals surface area contributed by atoms with Gasteiger partial charge in [-0.2, -0.15) is 0 Å². The molecule has 0 radical (unpaired) electrons. The lowest BCUT2D eigenvalue weighted by atomic mass is 10.1. The Morgan fingerprint density at radius 2 is 2.12 bits per heavy atom. The normalized spacial score (nSPS) is 24.9. The van der Waals surface area contributed by atoms with Crippen molar-refractivity contribution < 1.29 is 4.74 Å². The van der Waals surface area contributed by atoms with Crippen LogP contribution in [0.4, 0.5) is 0 Å². The average Bonchev–Trinajstić information content (AvgIpc) is 2.73. The largest absolute Gasteiger partial charge is 0.379 e. The Morgan fingerprint density at radius 3 is 2.94 bits per heavy atom. The van der Waals surface area contributed by atoms with Crippen molar-refractivity contribution in [1.29, 1.82) is 0 Å². The third kappa shape index (κ3) is 2.55. The van der Waals surface area contributed by atoms with E-state index in [0.717, 1.165) is 26.3 Å². The Balaban J connectivity index is 1.70. The number of nitrogens with one attached hydrogen (secondary N) is 1. The van der Waals surface area contributed by atoms with Crippen LogP contribution >= 0.6 is 15.9 Å². The van der Waals surface area contributed by atoms with Crippen molar-refractivity contribution in [3.05, 3.63) is 33.8 Å². The van der Waals surface area contributed by atoms with E-state index in [1.165, 1.54) is 28.4 Å². The zero-order chi connectivity index (χ0) is 11.7. The van der Waals surface area contributed by atoms with Crippen LogP contribution in [0.25, 0.3) is 0 Å². The molecule has 1 fully saturated rings. The van der Waals surface area contributed by atoms with Crippen LogP contribution in [0.1, 0.15) is 23.6 Å². The van der Waals surface area contributed by atoms with Crippen LogP contribution in [0.5, 0.6) is 0 Å². The second-order valence-electron chi connectivity index (χ2n) is 4.66. The predicted molar refractivity (Wildman–Crippen MR) is 70.7 cm³/mol. The van der Waals surface area contributed by atoms with Crippen molar-refractivity contribution in [3.63, 3.8) is 0 Å². The molecule has 0 amide bonds. The molecular formula is C13H17BrN2O. The van der Waals surface area contributed by atoms with E-state index in [2.05, 4.69) is 44.6 Å². The Bertz CT molecular complexity index is 404. The number of hydrogen-bond donors (Lipinski definition) is 1. The molecule has 3 nitrogen and oxygen atoms in total. The maximum Gasteiger partial charge on any atom is 0.0608 e. The molecule has 1 aromatic carbocycles. The molecule has 3 rings (SSSR count). The number of halogens is 1. The molecule has 0 bridgehead atoms. The second-order valence-corrected chi connectivity index (χ2v) is 5.58. The van der Waals surface area contributed by atoms with Crippen molar-refractivity contribution >= 4 is 15.9 Å². The summed E-state index contributed by atoms with van der Waals surface area (Å²) in [6.45, 7) is 3.66. The van der Waals surface area contributed by atoms with Gasteiger partial charge >= 0.3 is 0 Å². The number of morpholine rings is 1. The number of ether oxygens (including phenoxy) is 1. The van der Waals surface area contributed by atoms with Crippen molar-refractivity contribution in [1.82, 2.24) is 10.4 Å². The number of benzene rings is 1. The molecule has 0 aromatic heterocycles. The lowest BCUT2D eigenvalue weighted by Gasteiger charge is -2.30. The van der Waals surface area contributed by atoms with E-state index in [1.54, 1.807) is 0 Å². The van der Waals surface area contributed by atoms with Gasteiger partial charge in [0.05, 0.1) is 13.2 Å². The first-order chi connectivity index (χ1) is 8.33. The van der Waals surface area contributed by atoms with E-state index in [1.807, 2.05) is 0 Å². The Kier molecular flexibility index (Phi) is 3.47. The first-order valence-corrected chi connectivity index (χ1v) is 6.99. The lowest BCUT2D eigenvalue weighted by molar-refractivity contribution is 0.00348. The Morgan fingerprint density at radius 1 is 1.29 bits per heavy atom. The first kappa shape index (κ1) is 11.7. The van der Waals surface area contributed by atoms with E-state index in [9.17, 15) is 0 Å². The van der Waals surface area contributed by atoms with E-state index >= 15 is 0 Å². The molecule has 92 valence electrons. The lowest BCUT2D eigenvalue weighted by Crippen LogP contribution is -2.46. The van der Waals surface area contributed by atoms with E-state index < -0.39 is 0 Å². The molecule has 1 aliphatic heterocycles. The standard InChI is InChI=1S/C13H17BrN2O/c14-11-2-3-12-10(9-11)1-4-13(12)15-16-5-7-17-8-6-16/h2-3,9,13,15H,1,4-8H2. The summed E-state index contributed by atoms with van der Waals surface area (Å²) in [5, 5.41) is 2.30. The zero-order valence-corrected chi connectivity index (χ0v) is 11.4. The molecule has 2 aliphatic rings. The molecule has 4 heteroatoms. The predicted octanol–water partition coefficient (Wildman–Crippen LogP) is 2.27. The van der Waals surface area contributed by atoms with Crippen molar-refractivity contribution in [2.24, 2.45) is 0 Å². The number of hydrazine groups is 1. The van der Waals surface area contributed by atoms with Gasteiger partial charge in [0, 0.05) is 23.6 Å². The minimum absolute atomic E-state index is 0.483. The highest BCUT2D eigenvalue weighted by molar-refractivity contribution is 9.10. The molecule has 1 atom stereocenters. The van der Waals surface area contributed by atoms with Crippen LogP contribution in [0.2, 0.25) is 0 Å². The minimum Gasteiger partial charge on any atom is -0.379 e. The summed E-state index contributed by atoms with van der Waals surface area (Å²) in [6, 6.07) is 7.11. The minimum atomic E-state index is 0.483. The maximum absolute atomic E-state index is 5.36. The van der Waals surface area contributed by atoms with Gasteiger partial charge in [-0.25, -0.2) is 10.4 Å². The van der Waals surface area contributed by atoms with Gasteiger partial charge in [-0.1, -0.05) is 22.0 Å². The van der Waals surface area contributed by atoms with Gasteiger partial charge in [0.1, 0.15) is 0 Å². The van der Waals surface area contributed by atoms with Crippen LogP contribution in [-0.2, 0) is 11.2 Å². The van der Waals surface area contributed by atoms with E-state index in [4.69, 9.17) is 4.74 Å². The summed E-state index contributed by atoms with van der Waals surface area (Å²) in [6.07, 6.45) is 2.37. The maximum atomic E-state index is 5.36. The van der Waals surface area contributed by atoms with Crippen LogP contribution in [-0.4, -0.2) is 31.3 Å². The summed E-state index contributed by atoms with van der Waals surface area (Å²) in [5.74, 6) is 0. The highest BCUT2D eigenvalue weighted by atomic mass is 79.9. The topological polar surface area (TPSA) is 24.5 Å². The molecule has 1 saturated heterocycles. The molecule has 1 N–H and O–H groups in total. The number of nitrogens with zero attached hydrogens (tertiary/aromatic N) is 1. The molecule has 1 heterocycles. The second kappa shape index (κ2) is 5.06. The SMILES string of the molecule is Brc1ccc2c(c1)CCC2NN1CCOCC1. The van der Waals surface area contributed by atoms with Crippen LogP contribution < -0.4 is 5.43 Å². The number of hydrogen-bond acceptors (Lipinski definition) is 3. The number of rotatable bonds is 2. The van der Waals surface area contributed by atoms with Crippen molar-refractivity contribution in [2.45, 2.75) is 18.9 Å². The summed E-state index contributed by atoms with van der Waals surface area (Å²) >= 11 is 3.54. The average molecular weight is 297 g/mol. The first-order valence-electron chi connectivity index (χ1n) is 6.20. The van der Waals surface area contributed by atoms with Gasteiger partial charge in [-0.3, -0.25) is 0 Å². The van der Waals surface area contributed by atoms with Crippen LogP contribution in [0.15, 0.2) is 22.7 Å². The van der Waals surface area contributed by atoms with Gasteiger partial charge in [0.2, 0.25) is 0 Å². The van der Waals surface area contributed by atoms with Gasteiger partial charge in [-0.15, -0.1) is 0 Å². The fraction of sp³-hybridized carbons (Fsp3) is 0.538. The van der Waals surface area contributed by atoms with E-state index in [-0.39, 0.29) is 0 Å². The quantitative estimate of drug-likeness (QED) is 0.906. The summed E-state index contributed by atoms with van der Waals surface area (Å²) in [5.41, 5.74) is 6.57. The van der Waals surface area contributed by atoms with Gasteiger partial charge in [0.25, 0.3) is 0 Å². The molecule has 1 aliphatic carbocycles. The molecular weight excluding hydrogens is 280 g/mol. The van der Waals surface area contributed by atoms with Crippen LogP contribution in [0, 0.1) is 0 Å². The zero-order valence-electron chi connectivity index (χ0n) is 9.79.